The van der Waals surface area contributed by atoms with Crippen molar-refractivity contribution in [2.24, 2.45) is 0 Å². The van der Waals surface area contributed by atoms with Crippen molar-refractivity contribution >= 4 is 28.3 Å². The minimum absolute atomic E-state index is 0.342. The second-order valence-electron chi connectivity index (χ2n) is 7.64. The highest BCUT2D eigenvalue weighted by Gasteiger charge is 2.18. The minimum atomic E-state index is -0.342. The number of nitrogens with zero attached hydrogens (tertiary/aromatic N) is 2. The molecule has 33 heavy (non-hydrogen) atoms. The molecule has 0 saturated heterocycles. The maximum absolute atomic E-state index is 12.9. The Kier molecular flexibility index (Phi) is 6.08. The summed E-state index contributed by atoms with van der Waals surface area (Å²) in [6.45, 7) is 0. The van der Waals surface area contributed by atoms with E-state index in [1.165, 1.54) is 21.3 Å². The van der Waals surface area contributed by atoms with Crippen molar-refractivity contribution in [3.8, 4) is 28.4 Å². The molecule has 8 heteroatoms. The predicted octanol–water partition coefficient (Wildman–Crippen LogP) is 4.57. The molecule has 0 bridgehead atoms. The number of benzene rings is 3. The number of hydrogen-bond donors (Lipinski definition) is 2. The van der Waals surface area contributed by atoms with Crippen molar-refractivity contribution in [1.29, 1.82) is 0 Å². The number of aromatic amines is 1. The minimum Gasteiger partial charge on any atom is -0.493 e. The number of nitrogens with one attached hydrogen (secondary N) is 2. The van der Waals surface area contributed by atoms with E-state index in [9.17, 15) is 4.79 Å². The molecule has 1 aromatic heterocycles. The topological polar surface area (TPSA) is 88.7 Å². The van der Waals surface area contributed by atoms with Gasteiger partial charge in [0.05, 0.1) is 26.8 Å². The Morgan fingerprint density at radius 1 is 0.879 bits per heavy atom. The summed E-state index contributed by atoms with van der Waals surface area (Å²) in [5.41, 5.74) is 4.47. The van der Waals surface area contributed by atoms with Crippen LogP contribution in [-0.4, -0.2) is 51.5 Å². The van der Waals surface area contributed by atoms with Crippen LogP contribution in [0.25, 0.3) is 22.0 Å². The first-order chi connectivity index (χ1) is 15.9. The maximum atomic E-state index is 12.9. The number of rotatable bonds is 7. The van der Waals surface area contributed by atoms with Crippen LogP contribution in [0.15, 0.2) is 54.6 Å². The molecule has 0 radical (unpaired) electrons. The van der Waals surface area contributed by atoms with Crippen LogP contribution in [0, 0.1) is 0 Å². The largest absolute Gasteiger partial charge is 0.493 e. The molecule has 4 rings (SSSR count). The van der Waals surface area contributed by atoms with Gasteiger partial charge in [0.15, 0.2) is 17.3 Å². The van der Waals surface area contributed by atoms with Gasteiger partial charge in [-0.2, -0.15) is 5.10 Å². The van der Waals surface area contributed by atoms with Crippen molar-refractivity contribution in [2.45, 2.75) is 0 Å². The molecule has 170 valence electrons. The smallest absolute Gasteiger partial charge is 0.257 e. The molecule has 0 unspecified atom stereocenters. The molecule has 4 aromatic rings. The van der Waals surface area contributed by atoms with Crippen LogP contribution in [-0.2, 0) is 0 Å². The molecule has 0 saturated carbocycles. The van der Waals surface area contributed by atoms with Gasteiger partial charge in [-0.25, -0.2) is 0 Å². The highest BCUT2D eigenvalue weighted by Crippen LogP contribution is 2.38. The molecule has 3 aromatic carbocycles. The van der Waals surface area contributed by atoms with Crippen molar-refractivity contribution in [3.05, 3.63) is 60.2 Å². The number of carbonyl (C=O) groups is 1. The van der Waals surface area contributed by atoms with E-state index in [4.69, 9.17) is 14.2 Å². The zero-order valence-electron chi connectivity index (χ0n) is 19.2. The molecule has 0 fully saturated rings. The average Bonchev–Trinajstić information content (AvgIpc) is 3.24. The molecule has 2 N–H and O–H groups in total. The Bertz CT molecular complexity index is 1270. The number of methoxy groups -OCH3 is 3. The summed E-state index contributed by atoms with van der Waals surface area (Å²) in [5, 5.41) is 11.0. The van der Waals surface area contributed by atoms with Crippen molar-refractivity contribution in [3.63, 3.8) is 0 Å². The van der Waals surface area contributed by atoms with Crippen LogP contribution in [0.1, 0.15) is 10.4 Å². The number of H-pyrrole nitrogens is 1. The van der Waals surface area contributed by atoms with Crippen LogP contribution in [0.5, 0.6) is 17.2 Å². The van der Waals surface area contributed by atoms with Gasteiger partial charge in [-0.15, -0.1) is 0 Å². The molecule has 0 spiro atoms. The lowest BCUT2D eigenvalue weighted by Gasteiger charge is -2.13. The third kappa shape index (κ3) is 4.27. The van der Waals surface area contributed by atoms with E-state index >= 15 is 0 Å². The van der Waals surface area contributed by atoms with E-state index in [0.29, 0.717) is 28.6 Å². The molecule has 0 aliphatic heterocycles. The third-order valence-corrected chi connectivity index (χ3v) is 5.44. The van der Waals surface area contributed by atoms with E-state index in [1.807, 2.05) is 32.3 Å². The maximum Gasteiger partial charge on any atom is 0.257 e. The number of amides is 1. The van der Waals surface area contributed by atoms with Gasteiger partial charge >= 0.3 is 0 Å². The van der Waals surface area contributed by atoms with E-state index < -0.39 is 0 Å². The summed E-state index contributed by atoms with van der Waals surface area (Å²) in [6, 6.07) is 17.5. The van der Waals surface area contributed by atoms with Gasteiger partial charge in [-0.1, -0.05) is 18.2 Å². The highest BCUT2D eigenvalue weighted by atomic mass is 16.5. The molecule has 0 aliphatic rings. The summed E-state index contributed by atoms with van der Waals surface area (Å²) >= 11 is 0. The number of carbonyl (C=O) groups excluding carboxylic acids is 1. The van der Waals surface area contributed by atoms with Gasteiger partial charge in [0.25, 0.3) is 5.91 Å². The fourth-order valence-electron chi connectivity index (χ4n) is 3.64. The summed E-state index contributed by atoms with van der Waals surface area (Å²) in [5.74, 6) is 1.33. The van der Waals surface area contributed by atoms with Gasteiger partial charge in [-0.3, -0.25) is 9.89 Å². The number of anilines is 2. The Labute approximate surface area is 192 Å². The summed E-state index contributed by atoms with van der Waals surface area (Å²) in [6.07, 6.45) is 0. The second kappa shape index (κ2) is 9.12. The zero-order valence-corrected chi connectivity index (χ0v) is 19.2. The molecule has 0 atom stereocenters. The monoisotopic (exact) mass is 446 g/mol. The molecule has 0 aliphatic carbocycles. The third-order valence-electron chi connectivity index (χ3n) is 5.44. The number of fused-ring (bicyclic) bond motifs is 1. The number of aromatic nitrogens is 2. The second-order valence-corrected chi connectivity index (χ2v) is 7.64. The molecule has 8 nitrogen and oxygen atoms in total. The van der Waals surface area contributed by atoms with Crippen LogP contribution in [0.2, 0.25) is 0 Å². The molecular weight excluding hydrogens is 420 g/mol. The van der Waals surface area contributed by atoms with Crippen LogP contribution >= 0.6 is 0 Å². The van der Waals surface area contributed by atoms with Crippen molar-refractivity contribution in [2.75, 3.05) is 45.6 Å². The first-order valence-electron chi connectivity index (χ1n) is 10.3. The predicted molar refractivity (Wildman–Crippen MR) is 130 cm³/mol. The summed E-state index contributed by atoms with van der Waals surface area (Å²) in [7, 11) is 8.55. The Balaban J connectivity index is 1.60. The van der Waals surface area contributed by atoms with Gasteiger partial charge in [-0.05, 0) is 47.5 Å². The quantitative estimate of drug-likeness (QED) is 0.432. The Morgan fingerprint density at radius 2 is 1.52 bits per heavy atom. The van der Waals surface area contributed by atoms with E-state index in [2.05, 4.69) is 44.7 Å². The fraction of sp³-hybridized carbons (Fsp3) is 0.200. The first kappa shape index (κ1) is 22.0. The normalized spacial score (nSPS) is 10.7. The van der Waals surface area contributed by atoms with Gasteiger partial charge in [0.1, 0.15) is 0 Å². The van der Waals surface area contributed by atoms with Crippen molar-refractivity contribution < 1.29 is 19.0 Å². The summed E-state index contributed by atoms with van der Waals surface area (Å²) in [4.78, 5) is 15.0. The lowest BCUT2D eigenvalue weighted by molar-refractivity contribution is 0.102. The Morgan fingerprint density at radius 3 is 2.09 bits per heavy atom. The van der Waals surface area contributed by atoms with Crippen LogP contribution in [0.3, 0.4) is 0 Å². The summed E-state index contributed by atoms with van der Waals surface area (Å²) < 4.78 is 16.0. The molecule has 1 heterocycles. The Hall–Kier alpha value is -4.20. The van der Waals surface area contributed by atoms with E-state index in [0.717, 1.165) is 27.7 Å². The SMILES string of the molecule is COc1cc(C(=O)Nc2n[nH]c3cc(-c4ccc(N(C)C)cc4)ccc23)cc(OC)c1OC. The zero-order chi connectivity index (χ0) is 23.5. The van der Waals surface area contributed by atoms with Crippen molar-refractivity contribution in [1.82, 2.24) is 10.2 Å². The fourth-order valence-corrected chi connectivity index (χ4v) is 3.64. The number of ether oxygens (including phenoxy) is 3. The molecular formula is C25H26N4O4. The van der Waals surface area contributed by atoms with E-state index in [1.54, 1.807) is 12.1 Å². The lowest BCUT2D eigenvalue weighted by atomic mass is 10.0. The van der Waals surface area contributed by atoms with Gasteiger partial charge in [0.2, 0.25) is 5.75 Å². The van der Waals surface area contributed by atoms with Crippen LogP contribution in [0.4, 0.5) is 11.5 Å². The van der Waals surface area contributed by atoms with Gasteiger partial charge in [0, 0.05) is 30.7 Å². The first-order valence-corrected chi connectivity index (χ1v) is 10.3. The van der Waals surface area contributed by atoms with Gasteiger partial charge < -0.3 is 24.4 Å². The number of hydrogen-bond acceptors (Lipinski definition) is 6. The standard InChI is InChI=1S/C25H26N4O4/c1-29(2)18-9-6-15(7-10-18)16-8-11-19-20(12-16)27-28-24(19)26-25(30)17-13-21(31-3)23(33-5)22(14-17)32-4/h6-14H,1-5H3,(H2,26,27,28,30). The average molecular weight is 447 g/mol. The van der Waals surface area contributed by atoms with E-state index in [-0.39, 0.29) is 5.91 Å². The lowest BCUT2D eigenvalue weighted by Crippen LogP contribution is -2.13. The van der Waals surface area contributed by atoms with Crippen LogP contribution < -0.4 is 24.4 Å². The highest BCUT2D eigenvalue weighted by molar-refractivity contribution is 6.08. The molecule has 1 amide bonds.